The van der Waals surface area contributed by atoms with Crippen LogP contribution < -0.4 is 10.5 Å². The molecule has 0 atom stereocenters. The van der Waals surface area contributed by atoms with Gasteiger partial charge in [-0.15, -0.1) is 0 Å². The summed E-state index contributed by atoms with van der Waals surface area (Å²) in [4.78, 5) is 2.15. The molecule has 1 aromatic rings. The molecule has 0 aromatic heterocycles. The van der Waals surface area contributed by atoms with Gasteiger partial charge in [-0.1, -0.05) is 0 Å². The number of rotatable bonds is 1. The lowest BCUT2D eigenvalue weighted by Gasteiger charge is -2.27. The second kappa shape index (κ2) is 3.62. The fourth-order valence-corrected chi connectivity index (χ4v) is 2.04. The molecule has 0 amide bonds. The number of likely N-dealkylation sites (N-methyl/N-ethyl adjacent to an activating group) is 1. The van der Waals surface area contributed by atoms with Crippen molar-refractivity contribution in [2.45, 2.75) is 13.0 Å². The number of nitrogens with zero attached hydrogens (tertiary/aromatic N) is 1. The first-order valence-corrected chi connectivity index (χ1v) is 4.99. The zero-order valence-corrected chi connectivity index (χ0v) is 9.08. The lowest BCUT2D eigenvalue weighted by atomic mass is 9.97. The molecular formula is C11H16N2O2. The smallest absolute Gasteiger partial charge is 0.162 e. The van der Waals surface area contributed by atoms with Crippen molar-refractivity contribution in [3.63, 3.8) is 0 Å². The van der Waals surface area contributed by atoms with Gasteiger partial charge >= 0.3 is 0 Å². The number of aromatic hydroxyl groups is 1. The first-order chi connectivity index (χ1) is 7.13. The quantitative estimate of drug-likeness (QED) is 0.533. The van der Waals surface area contributed by atoms with E-state index >= 15 is 0 Å². The van der Waals surface area contributed by atoms with Gasteiger partial charge in [0.25, 0.3) is 0 Å². The molecule has 0 aliphatic carbocycles. The molecule has 15 heavy (non-hydrogen) atoms. The highest BCUT2D eigenvalue weighted by Crippen LogP contribution is 2.38. The lowest BCUT2D eigenvalue weighted by Crippen LogP contribution is -2.27. The van der Waals surface area contributed by atoms with E-state index in [1.165, 1.54) is 7.11 Å². The summed E-state index contributed by atoms with van der Waals surface area (Å²) in [5, 5.41) is 9.97. The van der Waals surface area contributed by atoms with Crippen molar-refractivity contribution in [2.24, 2.45) is 0 Å². The highest BCUT2D eigenvalue weighted by atomic mass is 16.5. The first kappa shape index (κ1) is 10.1. The monoisotopic (exact) mass is 208 g/mol. The number of ether oxygens (including phenoxy) is 1. The minimum absolute atomic E-state index is 0.230. The van der Waals surface area contributed by atoms with Crippen LogP contribution in [0.15, 0.2) is 6.07 Å². The summed E-state index contributed by atoms with van der Waals surface area (Å²) in [6, 6.07) is 1.69. The van der Waals surface area contributed by atoms with E-state index in [-0.39, 0.29) is 5.75 Å². The van der Waals surface area contributed by atoms with Crippen LogP contribution in [0.4, 0.5) is 5.69 Å². The maximum atomic E-state index is 9.97. The van der Waals surface area contributed by atoms with Crippen LogP contribution in [-0.4, -0.2) is 30.7 Å². The van der Waals surface area contributed by atoms with Crippen LogP contribution in [0.5, 0.6) is 11.5 Å². The average molecular weight is 208 g/mol. The van der Waals surface area contributed by atoms with Gasteiger partial charge in [-0.05, 0) is 19.0 Å². The Morgan fingerprint density at radius 2 is 2.20 bits per heavy atom. The molecule has 0 unspecified atom stereocenters. The Morgan fingerprint density at radius 1 is 1.47 bits per heavy atom. The standard InChI is InChI=1S/C11H16N2O2/c1-13-4-3-7-8(6-13)11(14)10(15-2)5-9(7)12/h5,14H,3-4,6,12H2,1-2H3. The van der Waals surface area contributed by atoms with Crippen LogP contribution in [0.1, 0.15) is 11.1 Å². The van der Waals surface area contributed by atoms with E-state index in [0.717, 1.165) is 30.6 Å². The predicted octanol–water partition coefficient (Wildman–Crippen LogP) is 0.971. The Kier molecular flexibility index (Phi) is 2.44. The number of nitrogens with two attached hydrogens (primary N) is 1. The molecule has 0 spiro atoms. The number of anilines is 1. The van der Waals surface area contributed by atoms with E-state index in [2.05, 4.69) is 4.90 Å². The minimum atomic E-state index is 0.230. The number of fused-ring (bicyclic) bond motifs is 1. The zero-order valence-electron chi connectivity index (χ0n) is 9.08. The molecule has 0 saturated carbocycles. The fraction of sp³-hybridized carbons (Fsp3) is 0.455. The summed E-state index contributed by atoms with van der Waals surface area (Å²) < 4.78 is 5.08. The summed E-state index contributed by atoms with van der Waals surface area (Å²) in [6.07, 6.45) is 0.884. The van der Waals surface area contributed by atoms with Crippen molar-refractivity contribution < 1.29 is 9.84 Å². The summed E-state index contributed by atoms with van der Waals surface area (Å²) >= 11 is 0. The summed E-state index contributed by atoms with van der Waals surface area (Å²) in [5.41, 5.74) is 8.60. The highest BCUT2D eigenvalue weighted by Gasteiger charge is 2.21. The largest absolute Gasteiger partial charge is 0.504 e. The molecule has 3 N–H and O–H groups in total. The van der Waals surface area contributed by atoms with Crippen LogP contribution in [0, 0.1) is 0 Å². The van der Waals surface area contributed by atoms with Crippen LogP contribution in [-0.2, 0) is 13.0 Å². The van der Waals surface area contributed by atoms with Gasteiger partial charge in [-0.25, -0.2) is 0 Å². The number of phenols is 1. The maximum Gasteiger partial charge on any atom is 0.162 e. The van der Waals surface area contributed by atoms with E-state index in [9.17, 15) is 5.11 Å². The Morgan fingerprint density at radius 3 is 2.87 bits per heavy atom. The van der Waals surface area contributed by atoms with Gasteiger partial charge in [0.05, 0.1) is 7.11 Å². The van der Waals surface area contributed by atoms with Crippen molar-refractivity contribution in [3.05, 3.63) is 17.2 Å². The van der Waals surface area contributed by atoms with Gasteiger partial charge < -0.3 is 20.5 Å². The average Bonchev–Trinajstić information content (AvgIpc) is 2.23. The van der Waals surface area contributed by atoms with Crippen molar-refractivity contribution in [1.82, 2.24) is 4.90 Å². The van der Waals surface area contributed by atoms with E-state index in [4.69, 9.17) is 10.5 Å². The van der Waals surface area contributed by atoms with Crippen molar-refractivity contribution in [2.75, 3.05) is 26.4 Å². The number of hydrogen-bond acceptors (Lipinski definition) is 4. The third kappa shape index (κ3) is 1.61. The third-order valence-corrected chi connectivity index (χ3v) is 2.91. The Hall–Kier alpha value is -1.42. The molecule has 1 aliphatic heterocycles. The first-order valence-electron chi connectivity index (χ1n) is 4.99. The molecule has 0 radical (unpaired) electrons. The molecule has 2 rings (SSSR count). The molecule has 0 fully saturated rings. The summed E-state index contributed by atoms with van der Waals surface area (Å²) in [5.74, 6) is 0.690. The second-order valence-corrected chi connectivity index (χ2v) is 3.96. The number of phenolic OH excluding ortho intramolecular Hbond substituents is 1. The fourth-order valence-electron chi connectivity index (χ4n) is 2.04. The van der Waals surface area contributed by atoms with Gasteiger partial charge in [0.1, 0.15) is 0 Å². The molecule has 4 heteroatoms. The Labute approximate surface area is 89.3 Å². The molecule has 1 heterocycles. The third-order valence-electron chi connectivity index (χ3n) is 2.91. The molecule has 1 aromatic carbocycles. The van der Waals surface area contributed by atoms with Crippen molar-refractivity contribution >= 4 is 5.69 Å². The molecule has 4 nitrogen and oxygen atoms in total. The predicted molar refractivity (Wildman–Crippen MR) is 59.1 cm³/mol. The number of benzene rings is 1. The maximum absolute atomic E-state index is 9.97. The lowest BCUT2D eigenvalue weighted by molar-refractivity contribution is 0.299. The molecule has 82 valence electrons. The Bertz CT molecular complexity index is 391. The van der Waals surface area contributed by atoms with E-state index < -0.39 is 0 Å². The van der Waals surface area contributed by atoms with Crippen LogP contribution in [0.3, 0.4) is 0 Å². The van der Waals surface area contributed by atoms with Crippen LogP contribution in [0.2, 0.25) is 0 Å². The summed E-state index contributed by atoms with van der Waals surface area (Å²) in [7, 11) is 3.56. The SMILES string of the molecule is COc1cc(N)c2c(c1O)CN(C)CC2. The second-order valence-electron chi connectivity index (χ2n) is 3.96. The van der Waals surface area contributed by atoms with Crippen LogP contribution >= 0.6 is 0 Å². The Balaban J connectivity index is 2.55. The molecule has 0 saturated heterocycles. The molecule has 0 bridgehead atoms. The van der Waals surface area contributed by atoms with E-state index in [1.54, 1.807) is 6.07 Å². The van der Waals surface area contributed by atoms with Gasteiger partial charge in [-0.3, -0.25) is 0 Å². The molecular weight excluding hydrogens is 192 g/mol. The van der Waals surface area contributed by atoms with Gasteiger partial charge in [0.2, 0.25) is 0 Å². The van der Waals surface area contributed by atoms with Crippen LogP contribution in [0.25, 0.3) is 0 Å². The van der Waals surface area contributed by atoms with E-state index in [0.29, 0.717) is 11.4 Å². The van der Waals surface area contributed by atoms with Crippen molar-refractivity contribution in [1.29, 1.82) is 0 Å². The number of methoxy groups -OCH3 is 1. The van der Waals surface area contributed by atoms with Gasteiger partial charge in [0.15, 0.2) is 11.5 Å². The number of nitrogen functional groups attached to an aromatic ring is 1. The van der Waals surface area contributed by atoms with Gasteiger partial charge in [-0.2, -0.15) is 0 Å². The molecule has 1 aliphatic rings. The van der Waals surface area contributed by atoms with Gasteiger partial charge in [0, 0.05) is 30.4 Å². The number of hydrogen-bond donors (Lipinski definition) is 2. The van der Waals surface area contributed by atoms with E-state index in [1.807, 2.05) is 7.05 Å². The minimum Gasteiger partial charge on any atom is -0.504 e. The zero-order chi connectivity index (χ0) is 11.0. The highest BCUT2D eigenvalue weighted by molar-refractivity contribution is 5.63. The summed E-state index contributed by atoms with van der Waals surface area (Å²) in [6.45, 7) is 1.70. The normalized spacial score (nSPS) is 16.1. The van der Waals surface area contributed by atoms with Crippen molar-refractivity contribution in [3.8, 4) is 11.5 Å². The topological polar surface area (TPSA) is 58.7 Å².